The highest BCUT2D eigenvalue weighted by Gasteiger charge is 2.09. The van der Waals surface area contributed by atoms with E-state index in [4.69, 9.17) is 0 Å². The average molecular weight is 356 g/mol. The van der Waals surface area contributed by atoms with Gasteiger partial charge in [-0.3, -0.25) is 10.1 Å². The van der Waals surface area contributed by atoms with Crippen molar-refractivity contribution in [3.63, 3.8) is 0 Å². The number of amides is 2. The Morgan fingerprint density at radius 1 is 1.19 bits per heavy atom. The fourth-order valence-corrected chi connectivity index (χ4v) is 1.50. The van der Waals surface area contributed by atoms with E-state index in [9.17, 15) is 14.4 Å². The number of halogens is 1. The van der Waals surface area contributed by atoms with Gasteiger partial charge in [-0.1, -0.05) is 28.1 Å². The molecule has 0 atom stereocenters. The SMILES string of the molecule is CCOC(=O)NC(=O)COC(=O)/C=C/c1ccc(Br)cc1. The van der Waals surface area contributed by atoms with Gasteiger partial charge < -0.3 is 9.47 Å². The highest BCUT2D eigenvalue weighted by molar-refractivity contribution is 9.10. The minimum atomic E-state index is -0.871. The summed E-state index contributed by atoms with van der Waals surface area (Å²) >= 11 is 3.30. The Labute approximate surface area is 130 Å². The monoisotopic (exact) mass is 355 g/mol. The van der Waals surface area contributed by atoms with E-state index in [2.05, 4.69) is 25.4 Å². The zero-order chi connectivity index (χ0) is 15.7. The van der Waals surface area contributed by atoms with Crippen LogP contribution in [0.25, 0.3) is 6.08 Å². The van der Waals surface area contributed by atoms with E-state index in [1.54, 1.807) is 25.1 Å². The molecule has 0 bridgehead atoms. The molecule has 0 aliphatic carbocycles. The summed E-state index contributed by atoms with van der Waals surface area (Å²) in [4.78, 5) is 33.5. The summed E-state index contributed by atoms with van der Waals surface area (Å²) in [6.07, 6.45) is 1.88. The molecule has 0 radical (unpaired) electrons. The molecule has 0 unspecified atom stereocenters. The minimum Gasteiger partial charge on any atom is -0.452 e. The molecule has 0 fully saturated rings. The third kappa shape index (κ3) is 7.26. The summed E-state index contributed by atoms with van der Waals surface area (Å²) in [7, 11) is 0. The van der Waals surface area contributed by atoms with E-state index in [0.29, 0.717) is 0 Å². The fraction of sp³-hybridized carbons (Fsp3) is 0.214. The molecule has 0 saturated heterocycles. The maximum absolute atomic E-state index is 11.4. The predicted octanol–water partition coefficient (Wildman–Crippen LogP) is 2.28. The fourth-order valence-electron chi connectivity index (χ4n) is 1.24. The van der Waals surface area contributed by atoms with Crippen LogP contribution in [0, 0.1) is 0 Å². The maximum Gasteiger partial charge on any atom is 0.413 e. The number of alkyl carbamates (subject to hydrolysis) is 1. The van der Waals surface area contributed by atoms with Crippen molar-refractivity contribution in [2.45, 2.75) is 6.92 Å². The summed E-state index contributed by atoms with van der Waals surface area (Å²) in [5, 5.41) is 1.91. The van der Waals surface area contributed by atoms with Crippen LogP contribution in [0.15, 0.2) is 34.8 Å². The first-order valence-electron chi connectivity index (χ1n) is 6.08. The Morgan fingerprint density at radius 2 is 1.86 bits per heavy atom. The van der Waals surface area contributed by atoms with Crippen LogP contribution in [0.4, 0.5) is 4.79 Å². The van der Waals surface area contributed by atoms with Crippen LogP contribution in [0.3, 0.4) is 0 Å². The molecule has 0 heterocycles. The number of nitrogens with one attached hydrogen (secondary N) is 1. The van der Waals surface area contributed by atoms with Gasteiger partial charge in [-0.25, -0.2) is 9.59 Å². The summed E-state index contributed by atoms with van der Waals surface area (Å²) in [6.45, 7) is 1.20. The number of imide groups is 1. The number of rotatable bonds is 5. The maximum atomic E-state index is 11.4. The van der Waals surface area contributed by atoms with Crippen LogP contribution in [0.1, 0.15) is 12.5 Å². The number of ether oxygens (including phenoxy) is 2. The van der Waals surface area contributed by atoms with Crippen molar-refractivity contribution in [2.24, 2.45) is 0 Å². The topological polar surface area (TPSA) is 81.7 Å². The third-order valence-corrected chi connectivity index (χ3v) is 2.67. The van der Waals surface area contributed by atoms with Crippen molar-refractivity contribution in [3.05, 3.63) is 40.4 Å². The van der Waals surface area contributed by atoms with E-state index in [1.807, 2.05) is 17.4 Å². The van der Waals surface area contributed by atoms with Gasteiger partial charge >= 0.3 is 12.1 Å². The lowest BCUT2D eigenvalue weighted by molar-refractivity contribution is -0.143. The average Bonchev–Trinajstić information content (AvgIpc) is 2.44. The van der Waals surface area contributed by atoms with Crippen LogP contribution in [0.2, 0.25) is 0 Å². The predicted molar refractivity (Wildman–Crippen MR) is 79.3 cm³/mol. The van der Waals surface area contributed by atoms with Gasteiger partial charge in [0.2, 0.25) is 0 Å². The van der Waals surface area contributed by atoms with E-state index < -0.39 is 24.6 Å². The zero-order valence-corrected chi connectivity index (χ0v) is 12.9. The lowest BCUT2D eigenvalue weighted by atomic mass is 10.2. The first-order valence-corrected chi connectivity index (χ1v) is 6.87. The molecule has 1 rings (SSSR count). The highest BCUT2D eigenvalue weighted by Crippen LogP contribution is 2.11. The van der Waals surface area contributed by atoms with E-state index in [-0.39, 0.29) is 6.61 Å². The molecular formula is C14H14BrNO5. The van der Waals surface area contributed by atoms with Gasteiger partial charge in [0.05, 0.1) is 6.61 Å². The minimum absolute atomic E-state index is 0.148. The first-order chi connectivity index (χ1) is 10.0. The number of esters is 1. The van der Waals surface area contributed by atoms with E-state index in [0.717, 1.165) is 10.0 Å². The lowest BCUT2D eigenvalue weighted by Gasteiger charge is -2.04. The molecule has 0 aliphatic rings. The van der Waals surface area contributed by atoms with Crippen LogP contribution in [-0.4, -0.2) is 31.2 Å². The van der Waals surface area contributed by atoms with Crippen LogP contribution in [-0.2, 0) is 19.1 Å². The largest absolute Gasteiger partial charge is 0.452 e. The number of benzene rings is 1. The summed E-state index contributed by atoms with van der Waals surface area (Å²) in [6, 6.07) is 7.28. The molecule has 2 amide bonds. The van der Waals surface area contributed by atoms with Crippen molar-refractivity contribution in [2.75, 3.05) is 13.2 Å². The van der Waals surface area contributed by atoms with E-state index >= 15 is 0 Å². The van der Waals surface area contributed by atoms with Gasteiger partial charge in [0.15, 0.2) is 6.61 Å². The number of carbonyl (C=O) groups is 3. The van der Waals surface area contributed by atoms with Gasteiger partial charge in [-0.05, 0) is 30.7 Å². The van der Waals surface area contributed by atoms with E-state index in [1.165, 1.54) is 6.08 Å². The van der Waals surface area contributed by atoms with Gasteiger partial charge in [0.25, 0.3) is 5.91 Å². The quantitative estimate of drug-likeness (QED) is 0.647. The van der Waals surface area contributed by atoms with Crippen molar-refractivity contribution in [3.8, 4) is 0 Å². The Hall–Kier alpha value is -2.15. The number of hydrogen-bond acceptors (Lipinski definition) is 5. The Bertz CT molecular complexity index is 539. The first kappa shape index (κ1) is 16.9. The normalized spacial score (nSPS) is 10.2. The van der Waals surface area contributed by atoms with Crippen molar-refractivity contribution in [1.82, 2.24) is 5.32 Å². The molecule has 6 nitrogen and oxygen atoms in total. The molecule has 1 aromatic rings. The van der Waals surface area contributed by atoms with Crippen LogP contribution in [0.5, 0.6) is 0 Å². The molecule has 0 saturated carbocycles. The molecule has 112 valence electrons. The third-order valence-electron chi connectivity index (χ3n) is 2.14. The molecule has 0 aromatic heterocycles. The molecular weight excluding hydrogens is 342 g/mol. The zero-order valence-electron chi connectivity index (χ0n) is 11.3. The van der Waals surface area contributed by atoms with Crippen LogP contribution < -0.4 is 5.32 Å². The van der Waals surface area contributed by atoms with Crippen LogP contribution >= 0.6 is 15.9 Å². The molecule has 1 aromatic carbocycles. The number of hydrogen-bond donors (Lipinski definition) is 1. The van der Waals surface area contributed by atoms with Gasteiger partial charge in [-0.2, -0.15) is 0 Å². The Balaban J connectivity index is 2.35. The summed E-state index contributed by atoms with van der Waals surface area (Å²) in [5.74, 6) is -1.43. The van der Waals surface area contributed by atoms with Crippen molar-refractivity contribution in [1.29, 1.82) is 0 Å². The Kier molecular flexibility index (Phi) is 7.17. The molecule has 7 heteroatoms. The summed E-state index contributed by atoms with van der Waals surface area (Å²) in [5.41, 5.74) is 0.811. The highest BCUT2D eigenvalue weighted by atomic mass is 79.9. The number of carbonyl (C=O) groups excluding carboxylic acids is 3. The molecule has 21 heavy (non-hydrogen) atoms. The second kappa shape index (κ2) is 8.91. The lowest BCUT2D eigenvalue weighted by Crippen LogP contribution is -2.34. The second-order valence-electron chi connectivity index (χ2n) is 3.76. The Morgan fingerprint density at radius 3 is 2.48 bits per heavy atom. The summed E-state index contributed by atoms with van der Waals surface area (Å²) < 4.78 is 10.1. The van der Waals surface area contributed by atoms with Gasteiger partial charge in [0.1, 0.15) is 0 Å². The van der Waals surface area contributed by atoms with Crippen molar-refractivity contribution >= 4 is 40.0 Å². The molecule has 0 aliphatic heterocycles. The standard InChI is InChI=1S/C14H14BrNO5/c1-2-20-14(19)16-12(17)9-21-13(18)8-5-10-3-6-11(15)7-4-10/h3-8H,2,9H2,1H3,(H,16,17,19)/b8-5+. The van der Waals surface area contributed by atoms with Gasteiger partial charge in [0, 0.05) is 10.5 Å². The smallest absolute Gasteiger partial charge is 0.413 e. The molecule has 0 spiro atoms. The van der Waals surface area contributed by atoms with Gasteiger partial charge in [-0.15, -0.1) is 0 Å². The second-order valence-corrected chi connectivity index (χ2v) is 4.68. The van der Waals surface area contributed by atoms with Crippen molar-refractivity contribution < 1.29 is 23.9 Å². The molecule has 1 N–H and O–H groups in total.